The van der Waals surface area contributed by atoms with Gasteiger partial charge in [-0.3, -0.25) is 9.59 Å². The third-order valence-corrected chi connectivity index (χ3v) is 6.31. The number of hydrogen-bond acceptors (Lipinski definition) is 7. The molecule has 0 unspecified atom stereocenters. The smallest absolute Gasteiger partial charge is 0.408 e. The van der Waals surface area contributed by atoms with Crippen LogP contribution in [-0.2, 0) is 30.5 Å². The molecular formula is C26H35N3O7. The summed E-state index contributed by atoms with van der Waals surface area (Å²) < 4.78 is 10.5. The molecule has 1 aromatic carbocycles. The molecule has 3 rings (SSSR count). The summed E-state index contributed by atoms with van der Waals surface area (Å²) in [7, 11) is 0. The summed E-state index contributed by atoms with van der Waals surface area (Å²) in [5, 5.41) is 14.9. The highest BCUT2D eigenvalue weighted by Crippen LogP contribution is 2.21. The third-order valence-electron chi connectivity index (χ3n) is 6.31. The molecule has 0 bridgehead atoms. The normalized spacial score (nSPS) is 25.2. The van der Waals surface area contributed by atoms with Crippen molar-refractivity contribution in [3.8, 4) is 0 Å². The van der Waals surface area contributed by atoms with Gasteiger partial charge >= 0.3 is 12.1 Å². The fourth-order valence-corrected chi connectivity index (χ4v) is 4.29. The van der Waals surface area contributed by atoms with Crippen molar-refractivity contribution in [1.82, 2.24) is 15.5 Å². The Balaban J connectivity index is 1.61. The number of amides is 3. The molecule has 2 heterocycles. The molecule has 1 fully saturated rings. The second-order valence-electron chi connectivity index (χ2n) is 9.21. The minimum absolute atomic E-state index is 0.0205. The van der Waals surface area contributed by atoms with E-state index in [1.807, 2.05) is 30.3 Å². The lowest BCUT2D eigenvalue weighted by molar-refractivity contribution is -0.147. The van der Waals surface area contributed by atoms with Crippen LogP contribution < -0.4 is 10.6 Å². The molecule has 0 saturated carbocycles. The average molecular weight is 502 g/mol. The van der Waals surface area contributed by atoms with E-state index in [1.165, 1.54) is 0 Å². The van der Waals surface area contributed by atoms with Crippen LogP contribution in [0.1, 0.15) is 44.6 Å². The Morgan fingerprint density at radius 2 is 1.94 bits per heavy atom. The zero-order valence-corrected chi connectivity index (χ0v) is 20.6. The van der Waals surface area contributed by atoms with Crippen LogP contribution in [0.4, 0.5) is 4.79 Å². The Hall–Kier alpha value is -3.40. The van der Waals surface area contributed by atoms with Crippen LogP contribution in [0.3, 0.4) is 0 Å². The van der Waals surface area contributed by atoms with Crippen LogP contribution in [0.15, 0.2) is 42.5 Å². The van der Waals surface area contributed by atoms with Crippen molar-refractivity contribution in [3.05, 3.63) is 48.0 Å². The van der Waals surface area contributed by atoms with E-state index < -0.39 is 30.1 Å². The highest BCUT2D eigenvalue weighted by atomic mass is 16.6. The van der Waals surface area contributed by atoms with Crippen LogP contribution in [-0.4, -0.2) is 71.8 Å². The van der Waals surface area contributed by atoms with Gasteiger partial charge in [-0.1, -0.05) is 42.5 Å². The van der Waals surface area contributed by atoms with E-state index in [0.29, 0.717) is 13.0 Å². The maximum atomic E-state index is 12.8. The molecule has 1 saturated heterocycles. The van der Waals surface area contributed by atoms with Crippen LogP contribution >= 0.6 is 0 Å². The molecule has 1 aromatic rings. The lowest BCUT2D eigenvalue weighted by Gasteiger charge is -2.26. The van der Waals surface area contributed by atoms with Gasteiger partial charge in [-0.2, -0.15) is 0 Å². The van der Waals surface area contributed by atoms with Crippen molar-refractivity contribution in [1.29, 1.82) is 0 Å². The summed E-state index contributed by atoms with van der Waals surface area (Å²) >= 11 is 0. The molecule has 196 valence electrons. The predicted molar refractivity (Wildman–Crippen MR) is 130 cm³/mol. The molecular weight excluding hydrogens is 466 g/mol. The van der Waals surface area contributed by atoms with Gasteiger partial charge in [0.05, 0.1) is 24.6 Å². The van der Waals surface area contributed by atoms with E-state index in [1.54, 1.807) is 24.0 Å². The minimum Gasteiger partial charge on any atom is -0.462 e. The van der Waals surface area contributed by atoms with Crippen LogP contribution in [0.5, 0.6) is 0 Å². The van der Waals surface area contributed by atoms with Crippen molar-refractivity contribution in [2.45, 2.75) is 63.8 Å². The zero-order valence-electron chi connectivity index (χ0n) is 20.6. The number of aliphatic hydroxyl groups excluding tert-OH is 1. The highest BCUT2D eigenvalue weighted by molar-refractivity contribution is 5.86. The van der Waals surface area contributed by atoms with E-state index >= 15 is 0 Å². The number of rotatable bonds is 6. The largest absolute Gasteiger partial charge is 0.462 e. The fraction of sp³-hybridized carbons (Fsp3) is 0.538. The number of ether oxygens (including phenoxy) is 2. The minimum atomic E-state index is -0.957. The fourth-order valence-electron chi connectivity index (χ4n) is 4.29. The molecule has 0 spiro atoms. The molecule has 36 heavy (non-hydrogen) atoms. The first kappa shape index (κ1) is 27.2. The first-order chi connectivity index (χ1) is 17.4. The summed E-state index contributed by atoms with van der Waals surface area (Å²) in [6.45, 7) is 2.17. The zero-order chi connectivity index (χ0) is 25.9. The van der Waals surface area contributed by atoms with E-state index in [4.69, 9.17) is 9.47 Å². The molecule has 10 nitrogen and oxygen atoms in total. The number of nitrogens with zero attached hydrogens (tertiary/aromatic N) is 1. The van der Waals surface area contributed by atoms with Crippen molar-refractivity contribution in [3.63, 3.8) is 0 Å². The molecule has 3 amide bonds. The second-order valence-corrected chi connectivity index (χ2v) is 9.21. The lowest BCUT2D eigenvalue weighted by Crippen LogP contribution is -2.45. The van der Waals surface area contributed by atoms with Crippen molar-refractivity contribution in [2.24, 2.45) is 5.92 Å². The number of aliphatic hydroxyl groups is 1. The summed E-state index contributed by atoms with van der Waals surface area (Å²) in [6, 6.07) is 7.54. The van der Waals surface area contributed by atoms with Crippen LogP contribution in [0.25, 0.3) is 0 Å². The molecule has 3 N–H and O–H groups in total. The topological polar surface area (TPSA) is 134 Å². The van der Waals surface area contributed by atoms with E-state index in [0.717, 1.165) is 18.4 Å². The number of carbonyl (C=O) groups is 4. The van der Waals surface area contributed by atoms with E-state index in [9.17, 15) is 24.3 Å². The standard InChI is InChI=1S/C26H35N3O7/c1-18-16-35-25(33)22(28-26(34)36-17-19-8-3-2-4-9-19)12-6-5-10-20(24(32)27-18)14-23(31)29-13-7-11-21(29)15-30/h2-6,8-9,18,20-22,30H,7,10-17H2,1H3,(H,27,32)(H,28,34)/t18-,20+,21-,22+/m0/s1. The maximum Gasteiger partial charge on any atom is 0.408 e. The summed E-state index contributed by atoms with van der Waals surface area (Å²) in [5.41, 5.74) is 0.818. The van der Waals surface area contributed by atoms with Gasteiger partial charge in [0.2, 0.25) is 11.8 Å². The Labute approximate surface area is 211 Å². The molecule has 0 aromatic heterocycles. The molecule has 0 radical (unpaired) electrons. The van der Waals surface area contributed by atoms with E-state index in [2.05, 4.69) is 10.6 Å². The average Bonchev–Trinajstić information content (AvgIpc) is 3.36. The number of likely N-dealkylation sites (tertiary alicyclic amines) is 1. The van der Waals surface area contributed by atoms with Gasteiger partial charge in [0, 0.05) is 13.0 Å². The van der Waals surface area contributed by atoms with Crippen molar-refractivity contribution < 1.29 is 33.8 Å². The molecule has 0 aliphatic carbocycles. The van der Waals surface area contributed by atoms with Gasteiger partial charge in [0.25, 0.3) is 0 Å². The van der Waals surface area contributed by atoms with Crippen LogP contribution in [0.2, 0.25) is 0 Å². The number of nitrogens with one attached hydrogen (secondary N) is 2. The number of esters is 1. The SMILES string of the molecule is C[C@H]1COC(=O)[C@H](NC(=O)OCc2ccccc2)CC=CC[C@H](CC(=O)N2CCC[C@H]2CO)C(=O)N1. The van der Waals surface area contributed by atoms with Gasteiger partial charge in [0.1, 0.15) is 19.3 Å². The van der Waals surface area contributed by atoms with Crippen molar-refractivity contribution >= 4 is 23.9 Å². The second kappa shape index (κ2) is 13.6. The number of allylic oxidation sites excluding steroid dienone is 1. The number of benzene rings is 1. The monoisotopic (exact) mass is 501 g/mol. The molecule has 2 aliphatic heterocycles. The van der Waals surface area contributed by atoms with Gasteiger partial charge in [-0.05, 0) is 38.2 Å². The Bertz CT molecular complexity index is 937. The Morgan fingerprint density at radius 1 is 1.19 bits per heavy atom. The molecule has 10 heteroatoms. The Kier molecular flexibility index (Phi) is 10.3. The first-order valence-corrected chi connectivity index (χ1v) is 12.4. The number of hydrogen-bond donors (Lipinski definition) is 3. The summed E-state index contributed by atoms with van der Waals surface area (Å²) in [4.78, 5) is 52.2. The number of cyclic esters (lactones) is 1. The number of alkyl carbamates (subject to hydrolysis) is 1. The quantitative estimate of drug-likeness (QED) is 0.399. The van der Waals surface area contributed by atoms with Gasteiger partial charge in [0.15, 0.2) is 0 Å². The lowest BCUT2D eigenvalue weighted by atomic mass is 9.97. The Morgan fingerprint density at radius 3 is 2.69 bits per heavy atom. The van der Waals surface area contributed by atoms with Gasteiger partial charge < -0.3 is 30.1 Å². The first-order valence-electron chi connectivity index (χ1n) is 12.4. The summed E-state index contributed by atoms with van der Waals surface area (Å²) in [5.74, 6) is -1.69. The van der Waals surface area contributed by atoms with E-state index in [-0.39, 0.29) is 50.5 Å². The maximum absolute atomic E-state index is 12.8. The van der Waals surface area contributed by atoms with Crippen molar-refractivity contribution in [2.75, 3.05) is 19.8 Å². The highest BCUT2D eigenvalue weighted by Gasteiger charge is 2.32. The van der Waals surface area contributed by atoms with Gasteiger partial charge in [-0.15, -0.1) is 0 Å². The van der Waals surface area contributed by atoms with Crippen LogP contribution in [0, 0.1) is 5.92 Å². The van der Waals surface area contributed by atoms with Gasteiger partial charge in [-0.25, -0.2) is 9.59 Å². The molecule has 2 aliphatic rings. The molecule has 4 atom stereocenters. The predicted octanol–water partition coefficient (Wildman–Crippen LogP) is 1.67. The number of carbonyl (C=O) groups excluding carboxylic acids is 4. The third kappa shape index (κ3) is 8.08. The summed E-state index contributed by atoms with van der Waals surface area (Å²) in [6.07, 6.45) is 4.72.